The highest BCUT2D eigenvalue weighted by Gasteiger charge is 2.23. The molecule has 0 bridgehead atoms. The molecule has 1 saturated carbocycles. The lowest BCUT2D eigenvalue weighted by Gasteiger charge is -2.21. The van der Waals surface area contributed by atoms with Gasteiger partial charge in [-0.05, 0) is 18.9 Å². The summed E-state index contributed by atoms with van der Waals surface area (Å²) in [5.41, 5.74) is 6.52. The standard InChI is InChI=1S/C12H19N3O2/c13-8-6-10(14-7-8)12(17)15-9-4-2-1-3-5-11(9)16/h6-7,9,11,14,16H,1-5,13H2,(H,15,17). The SMILES string of the molecule is Nc1c[nH]c(C(=O)NC2CCCCCC2O)c1. The molecule has 1 aromatic heterocycles. The number of amides is 1. The number of rotatable bonds is 2. The van der Waals surface area contributed by atoms with Crippen molar-refractivity contribution in [2.45, 2.75) is 44.2 Å². The minimum Gasteiger partial charge on any atom is -0.397 e. The van der Waals surface area contributed by atoms with Gasteiger partial charge in [-0.3, -0.25) is 4.79 Å². The molecule has 2 rings (SSSR count). The maximum atomic E-state index is 11.9. The Hall–Kier alpha value is -1.49. The van der Waals surface area contributed by atoms with Crippen LogP contribution in [-0.4, -0.2) is 28.1 Å². The molecule has 0 aliphatic heterocycles. The smallest absolute Gasteiger partial charge is 0.268 e. The average Bonchev–Trinajstić information content (AvgIpc) is 2.63. The highest BCUT2D eigenvalue weighted by atomic mass is 16.3. The van der Waals surface area contributed by atoms with Crippen LogP contribution in [0.2, 0.25) is 0 Å². The zero-order valence-electron chi connectivity index (χ0n) is 9.78. The summed E-state index contributed by atoms with van der Waals surface area (Å²) in [5.74, 6) is -0.201. The summed E-state index contributed by atoms with van der Waals surface area (Å²) in [6.45, 7) is 0. The molecule has 94 valence electrons. The average molecular weight is 237 g/mol. The lowest BCUT2D eigenvalue weighted by atomic mass is 10.1. The van der Waals surface area contributed by atoms with E-state index in [2.05, 4.69) is 10.3 Å². The number of nitrogen functional groups attached to an aromatic ring is 1. The van der Waals surface area contributed by atoms with Crippen LogP contribution in [0.5, 0.6) is 0 Å². The van der Waals surface area contributed by atoms with Gasteiger partial charge >= 0.3 is 0 Å². The molecule has 5 nitrogen and oxygen atoms in total. The topological polar surface area (TPSA) is 91.1 Å². The molecule has 0 saturated heterocycles. The van der Waals surface area contributed by atoms with Gasteiger partial charge in [-0.2, -0.15) is 0 Å². The van der Waals surface area contributed by atoms with E-state index < -0.39 is 6.10 Å². The number of hydrogen-bond donors (Lipinski definition) is 4. The Bertz CT molecular complexity index is 389. The molecule has 0 radical (unpaired) electrons. The molecule has 0 spiro atoms. The third-order valence-corrected chi connectivity index (χ3v) is 3.25. The van der Waals surface area contributed by atoms with Gasteiger partial charge in [0.2, 0.25) is 0 Å². The summed E-state index contributed by atoms with van der Waals surface area (Å²) in [7, 11) is 0. The number of aliphatic hydroxyl groups is 1. The van der Waals surface area contributed by atoms with Crippen LogP contribution in [0, 0.1) is 0 Å². The van der Waals surface area contributed by atoms with Gasteiger partial charge in [0.25, 0.3) is 5.91 Å². The van der Waals surface area contributed by atoms with Crippen LogP contribution in [0.4, 0.5) is 5.69 Å². The molecular formula is C12H19N3O2. The lowest BCUT2D eigenvalue weighted by Crippen LogP contribution is -2.42. The Labute approximate surface area is 100 Å². The number of nitrogens with one attached hydrogen (secondary N) is 2. The Morgan fingerprint density at radius 3 is 2.88 bits per heavy atom. The minimum atomic E-state index is -0.436. The zero-order valence-corrected chi connectivity index (χ0v) is 9.78. The summed E-state index contributed by atoms with van der Waals surface area (Å²) in [5, 5.41) is 12.8. The molecule has 1 fully saturated rings. The first kappa shape index (κ1) is 12.0. The van der Waals surface area contributed by atoms with Gasteiger partial charge < -0.3 is 21.1 Å². The van der Waals surface area contributed by atoms with Crippen LogP contribution in [0.15, 0.2) is 12.3 Å². The summed E-state index contributed by atoms with van der Waals surface area (Å²) >= 11 is 0. The summed E-state index contributed by atoms with van der Waals surface area (Å²) in [6, 6.07) is 1.45. The highest BCUT2D eigenvalue weighted by Crippen LogP contribution is 2.18. The van der Waals surface area contributed by atoms with Crippen LogP contribution in [0.25, 0.3) is 0 Å². The quantitative estimate of drug-likeness (QED) is 0.579. The highest BCUT2D eigenvalue weighted by molar-refractivity contribution is 5.93. The number of H-pyrrole nitrogens is 1. The van der Waals surface area contributed by atoms with E-state index in [1.807, 2.05) is 0 Å². The van der Waals surface area contributed by atoms with Crippen LogP contribution in [0.1, 0.15) is 42.6 Å². The van der Waals surface area contributed by atoms with E-state index in [9.17, 15) is 9.90 Å². The number of aromatic amines is 1. The maximum Gasteiger partial charge on any atom is 0.268 e. The van der Waals surface area contributed by atoms with Crippen molar-refractivity contribution in [3.05, 3.63) is 18.0 Å². The number of anilines is 1. The molecular weight excluding hydrogens is 218 g/mol. The van der Waals surface area contributed by atoms with E-state index in [1.54, 1.807) is 12.3 Å². The monoisotopic (exact) mass is 237 g/mol. The van der Waals surface area contributed by atoms with Crippen molar-refractivity contribution in [2.24, 2.45) is 0 Å². The molecule has 2 unspecified atom stereocenters. The Morgan fingerprint density at radius 2 is 2.18 bits per heavy atom. The summed E-state index contributed by atoms with van der Waals surface area (Å²) < 4.78 is 0. The fraction of sp³-hybridized carbons (Fsp3) is 0.583. The van der Waals surface area contributed by atoms with Crippen molar-refractivity contribution in [3.8, 4) is 0 Å². The summed E-state index contributed by atoms with van der Waals surface area (Å²) in [4.78, 5) is 14.7. The number of aromatic nitrogens is 1. The third-order valence-electron chi connectivity index (χ3n) is 3.25. The van der Waals surface area contributed by atoms with Crippen molar-refractivity contribution >= 4 is 11.6 Å². The van der Waals surface area contributed by atoms with Gasteiger partial charge in [-0.25, -0.2) is 0 Å². The van der Waals surface area contributed by atoms with E-state index in [4.69, 9.17) is 5.73 Å². The van der Waals surface area contributed by atoms with Crippen LogP contribution >= 0.6 is 0 Å². The fourth-order valence-electron chi connectivity index (χ4n) is 2.24. The fourth-order valence-corrected chi connectivity index (χ4v) is 2.24. The second-order valence-electron chi connectivity index (χ2n) is 4.63. The minimum absolute atomic E-state index is 0.144. The van der Waals surface area contributed by atoms with Crippen molar-refractivity contribution in [1.29, 1.82) is 0 Å². The van der Waals surface area contributed by atoms with Gasteiger partial charge in [0.05, 0.1) is 12.1 Å². The zero-order chi connectivity index (χ0) is 12.3. The maximum absolute atomic E-state index is 11.9. The van der Waals surface area contributed by atoms with Gasteiger partial charge in [-0.1, -0.05) is 19.3 Å². The molecule has 5 heteroatoms. The van der Waals surface area contributed by atoms with Crippen molar-refractivity contribution < 1.29 is 9.90 Å². The van der Waals surface area contributed by atoms with Crippen LogP contribution < -0.4 is 11.1 Å². The largest absolute Gasteiger partial charge is 0.397 e. The van der Waals surface area contributed by atoms with Gasteiger partial charge in [0, 0.05) is 11.9 Å². The first-order valence-electron chi connectivity index (χ1n) is 6.09. The third kappa shape index (κ3) is 3.00. The Balaban J connectivity index is 1.97. The number of carbonyl (C=O) groups is 1. The second kappa shape index (κ2) is 5.23. The van der Waals surface area contributed by atoms with Crippen molar-refractivity contribution in [3.63, 3.8) is 0 Å². The van der Waals surface area contributed by atoms with Crippen LogP contribution in [0.3, 0.4) is 0 Å². The van der Waals surface area contributed by atoms with Gasteiger partial charge in [0.15, 0.2) is 0 Å². The predicted octanol–water partition coefficient (Wildman–Crippen LogP) is 1.02. The predicted molar refractivity (Wildman–Crippen MR) is 65.6 cm³/mol. The molecule has 1 aliphatic carbocycles. The molecule has 5 N–H and O–H groups in total. The normalized spacial score (nSPS) is 25.2. The molecule has 0 aromatic carbocycles. The molecule has 1 aromatic rings. The van der Waals surface area contributed by atoms with E-state index in [0.29, 0.717) is 11.4 Å². The van der Waals surface area contributed by atoms with E-state index in [1.165, 1.54) is 0 Å². The molecule has 1 aliphatic rings. The first-order valence-corrected chi connectivity index (χ1v) is 6.09. The van der Waals surface area contributed by atoms with E-state index >= 15 is 0 Å². The molecule has 2 atom stereocenters. The van der Waals surface area contributed by atoms with Gasteiger partial charge in [0.1, 0.15) is 5.69 Å². The lowest BCUT2D eigenvalue weighted by molar-refractivity contribution is 0.0815. The second-order valence-corrected chi connectivity index (χ2v) is 4.63. The number of aliphatic hydroxyl groups excluding tert-OH is 1. The molecule has 1 heterocycles. The Morgan fingerprint density at radius 1 is 1.41 bits per heavy atom. The van der Waals surface area contributed by atoms with Gasteiger partial charge in [-0.15, -0.1) is 0 Å². The Kier molecular flexibility index (Phi) is 3.68. The summed E-state index contributed by atoms with van der Waals surface area (Å²) in [6.07, 6.45) is 5.95. The number of hydrogen-bond acceptors (Lipinski definition) is 3. The van der Waals surface area contributed by atoms with Crippen molar-refractivity contribution in [2.75, 3.05) is 5.73 Å². The van der Waals surface area contributed by atoms with E-state index in [0.717, 1.165) is 32.1 Å². The van der Waals surface area contributed by atoms with E-state index in [-0.39, 0.29) is 11.9 Å². The molecule has 1 amide bonds. The first-order chi connectivity index (χ1) is 8.16. The number of carbonyl (C=O) groups excluding carboxylic acids is 1. The van der Waals surface area contributed by atoms with Crippen LogP contribution in [-0.2, 0) is 0 Å². The van der Waals surface area contributed by atoms with Crippen molar-refractivity contribution in [1.82, 2.24) is 10.3 Å². The molecule has 17 heavy (non-hydrogen) atoms. The number of nitrogens with two attached hydrogens (primary N) is 1.